The lowest BCUT2D eigenvalue weighted by atomic mass is 10.2. The lowest BCUT2D eigenvalue weighted by molar-refractivity contribution is 1.34. The molecule has 0 aliphatic carbocycles. The number of nitrogens with zero attached hydrogens (tertiary/aromatic N) is 1. The monoisotopic (exact) mass is 268 g/mol. The Labute approximate surface area is 116 Å². The molecule has 19 heavy (non-hydrogen) atoms. The van der Waals surface area contributed by atoms with Gasteiger partial charge in [-0.25, -0.2) is 0 Å². The zero-order valence-electron chi connectivity index (χ0n) is 11.7. The fourth-order valence-corrected chi connectivity index (χ4v) is 3.32. The van der Waals surface area contributed by atoms with Gasteiger partial charge >= 0.3 is 0 Å². The predicted molar refractivity (Wildman–Crippen MR) is 86.4 cm³/mol. The summed E-state index contributed by atoms with van der Waals surface area (Å²) in [5.41, 5.74) is 5.41. The highest BCUT2D eigenvalue weighted by atomic mass is 28.3. The van der Waals surface area contributed by atoms with Gasteiger partial charge in [-0.05, 0) is 17.7 Å². The van der Waals surface area contributed by atoms with Crippen molar-refractivity contribution in [2.75, 3.05) is 5.43 Å². The largest absolute Gasteiger partial charge is 0.279 e. The first-order chi connectivity index (χ1) is 9.07. The van der Waals surface area contributed by atoms with E-state index in [2.05, 4.69) is 54.4 Å². The third-order valence-electron chi connectivity index (χ3n) is 2.83. The molecule has 0 spiro atoms. The predicted octanol–water partition coefficient (Wildman–Crippen LogP) is 4.38. The van der Waals surface area contributed by atoms with Gasteiger partial charge in [-0.3, -0.25) is 5.43 Å². The molecule has 0 unspecified atom stereocenters. The summed E-state index contributed by atoms with van der Waals surface area (Å²) in [7, 11) is -1.49. The van der Waals surface area contributed by atoms with Crippen LogP contribution in [-0.2, 0) is 0 Å². The minimum atomic E-state index is -1.49. The van der Waals surface area contributed by atoms with E-state index in [1.807, 2.05) is 36.4 Å². The summed E-state index contributed by atoms with van der Waals surface area (Å²) in [6.07, 6.45) is 0. The third-order valence-corrected chi connectivity index (χ3v) is 4.65. The highest BCUT2D eigenvalue weighted by Crippen LogP contribution is 2.14. The molecule has 0 saturated heterocycles. The van der Waals surface area contributed by atoms with Crippen LogP contribution in [0.15, 0.2) is 65.8 Å². The SMILES string of the molecule is C[Si](C)(C)/C(=N\Nc1ccccc1)c1ccccc1. The van der Waals surface area contributed by atoms with Gasteiger partial charge in [0, 0.05) is 0 Å². The smallest absolute Gasteiger partial charge is 0.104 e. The summed E-state index contributed by atoms with van der Waals surface area (Å²) in [5.74, 6) is 0. The maximum Gasteiger partial charge on any atom is 0.104 e. The van der Waals surface area contributed by atoms with Crippen LogP contribution in [0, 0.1) is 0 Å². The normalized spacial score (nSPS) is 12.3. The van der Waals surface area contributed by atoms with E-state index in [0.717, 1.165) is 5.69 Å². The Bertz CT molecular complexity index is 542. The molecule has 0 heterocycles. The van der Waals surface area contributed by atoms with Crippen LogP contribution in [0.2, 0.25) is 19.6 Å². The van der Waals surface area contributed by atoms with Gasteiger partial charge in [-0.2, -0.15) is 5.10 Å². The maximum absolute atomic E-state index is 4.66. The fraction of sp³-hybridized carbons (Fsp3) is 0.188. The van der Waals surface area contributed by atoms with E-state index in [1.165, 1.54) is 10.9 Å². The second-order valence-corrected chi connectivity index (χ2v) is 10.5. The van der Waals surface area contributed by atoms with Crippen LogP contribution in [0.5, 0.6) is 0 Å². The summed E-state index contributed by atoms with van der Waals surface area (Å²) in [6.45, 7) is 6.93. The highest BCUT2D eigenvalue weighted by molar-refractivity contribution is 7.06. The molecule has 0 aliphatic heterocycles. The van der Waals surface area contributed by atoms with Gasteiger partial charge in [-0.1, -0.05) is 68.2 Å². The van der Waals surface area contributed by atoms with E-state index in [1.54, 1.807) is 0 Å². The van der Waals surface area contributed by atoms with Crippen molar-refractivity contribution >= 4 is 19.1 Å². The fourth-order valence-electron chi connectivity index (χ4n) is 1.89. The second-order valence-electron chi connectivity index (χ2n) is 5.55. The molecule has 98 valence electrons. The molecule has 2 aromatic carbocycles. The lowest BCUT2D eigenvalue weighted by Gasteiger charge is -2.19. The third kappa shape index (κ3) is 3.79. The Hall–Kier alpha value is -1.87. The van der Waals surface area contributed by atoms with Crippen molar-refractivity contribution < 1.29 is 0 Å². The van der Waals surface area contributed by atoms with Gasteiger partial charge in [0.05, 0.1) is 11.0 Å². The first-order valence-corrected chi connectivity index (χ1v) is 10.0. The van der Waals surface area contributed by atoms with Crippen molar-refractivity contribution in [1.82, 2.24) is 0 Å². The molecule has 2 nitrogen and oxygen atoms in total. The van der Waals surface area contributed by atoms with Gasteiger partial charge < -0.3 is 0 Å². The number of hydrogen-bond acceptors (Lipinski definition) is 2. The first-order valence-electron chi connectivity index (χ1n) is 6.52. The molecule has 0 saturated carbocycles. The van der Waals surface area contributed by atoms with Crippen molar-refractivity contribution in [2.24, 2.45) is 5.10 Å². The number of para-hydroxylation sites is 1. The van der Waals surface area contributed by atoms with Crippen LogP contribution in [0.3, 0.4) is 0 Å². The van der Waals surface area contributed by atoms with Gasteiger partial charge in [0.1, 0.15) is 8.07 Å². The number of hydrazone groups is 1. The lowest BCUT2D eigenvalue weighted by Crippen LogP contribution is -2.35. The number of benzene rings is 2. The highest BCUT2D eigenvalue weighted by Gasteiger charge is 2.23. The van der Waals surface area contributed by atoms with Crippen molar-refractivity contribution in [3.8, 4) is 0 Å². The molecule has 0 amide bonds. The summed E-state index contributed by atoms with van der Waals surface area (Å²) in [6, 6.07) is 20.5. The molecular formula is C16H20N2Si. The van der Waals surface area contributed by atoms with Gasteiger partial charge in [-0.15, -0.1) is 0 Å². The number of nitrogens with one attached hydrogen (secondary N) is 1. The summed E-state index contributed by atoms with van der Waals surface area (Å²) in [5, 5.41) is 5.86. The maximum atomic E-state index is 4.66. The molecule has 0 radical (unpaired) electrons. The first kappa shape index (κ1) is 13.6. The quantitative estimate of drug-likeness (QED) is 0.497. The van der Waals surface area contributed by atoms with Crippen LogP contribution in [0.1, 0.15) is 5.56 Å². The molecule has 1 N–H and O–H groups in total. The minimum absolute atomic E-state index is 1.02. The van der Waals surface area contributed by atoms with Crippen LogP contribution in [0.25, 0.3) is 0 Å². The van der Waals surface area contributed by atoms with E-state index >= 15 is 0 Å². The zero-order valence-corrected chi connectivity index (χ0v) is 12.7. The molecule has 2 rings (SSSR count). The molecule has 3 heteroatoms. The van der Waals surface area contributed by atoms with Gasteiger partial charge in [0.2, 0.25) is 0 Å². The van der Waals surface area contributed by atoms with E-state index in [0.29, 0.717) is 0 Å². The number of rotatable bonds is 4. The van der Waals surface area contributed by atoms with Crippen molar-refractivity contribution in [2.45, 2.75) is 19.6 Å². The molecule has 0 aliphatic rings. The van der Waals surface area contributed by atoms with Crippen LogP contribution < -0.4 is 5.43 Å². The standard InChI is InChI=1S/C16H20N2Si/c1-19(2,3)16(14-10-6-4-7-11-14)18-17-15-12-8-5-9-13-15/h4-13,17H,1-3H3/b18-16-. The summed E-state index contributed by atoms with van der Waals surface area (Å²) >= 11 is 0. The average molecular weight is 268 g/mol. The average Bonchev–Trinajstić information content (AvgIpc) is 2.40. The Kier molecular flexibility index (Phi) is 4.17. The number of anilines is 1. The van der Waals surface area contributed by atoms with Gasteiger partial charge in [0.15, 0.2) is 0 Å². The topological polar surface area (TPSA) is 24.4 Å². The van der Waals surface area contributed by atoms with Crippen molar-refractivity contribution in [3.05, 3.63) is 66.2 Å². The molecule has 0 bridgehead atoms. The van der Waals surface area contributed by atoms with Gasteiger partial charge in [0.25, 0.3) is 0 Å². The number of hydrogen-bond donors (Lipinski definition) is 1. The second kappa shape index (κ2) is 5.84. The Balaban J connectivity index is 2.29. The van der Waals surface area contributed by atoms with E-state index in [4.69, 9.17) is 0 Å². The van der Waals surface area contributed by atoms with Crippen molar-refractivity contribution in [3.63, 3.8) is 0 Å². The molecule has 0 aromatic heterocycles. The van der Waals surface area contributed by atoms with E-state index in [9.17, 15) is 0 Å². The molecule has 0 atom stereocenters. The molecular weight excluding hydrogens is 248 g/mol. The summed E-state index contributed by atoms with van der Waals surface area (Å²) < 4.78 is 0. The van der Waals surface area contributed by atoms with Crippen LogP contribution in [-0.4, -0.2) is 13.4 Å². The Morgan fingerprint density at radius 2 is 1.37 bits per heavy atom. The molecule has 0 fully saturated rings. The van der Waals surface area contributed by atoms with Crippen LogP contribution in [0.4, 0.5) is 5.69 Å². The van der Waals surface area contributed by atoms with E-state index in [-0.39, 0.29) is 0 Å². The Morgan fingerprint density at radius 3 is 1.89 bits per heavy atom. The zero-order chi connectivity index (χ0) is 13.7. The minimum Gasteiger partial charge on any atom is -0.279 e. The van der Waals surface area contributed by atoms with Crippen LogP contribution >= 0.6 is 0 Å². The summed E-state index contributed by atoms with van der Waals surface area (Å²) in [4.78, 5) is 0. The Morgan fingerprint density at radius 1 is 0.842 bits per heavy atom. The van der Waals surface area contributed by atoms with E-state index < -0.39 is 8.07 Å². The van der Waals surface area contributed by atoms with Crippen molar-refractivity contribution in [1.29, 1.82) is 0 Å². The molecule has 2 aromatic rings.